The molecular weight excluding hydrogens is 256 g/mol. The molecule has 0 atom stereocenters. The van der Waals surface area contributed by atoms with Crippen molar-refractivity contribution >= 4 is 17.7 Å². The van der Waals surface area contributed by atoms with Gasteiger partial charge in [-0.1, -0.05) is 6.07 Å². The van der Waals surface area contributed by atoms with Gasteiger partial charge in [-0.05, 0) is 50.1 Å². The van der Waals surface area contributed by atoms with E-state index >= 15 is 0 Å². The van der Waals surface area contributed by atoms with E-state index in [9.17, 15) is 4.79 Å². The molecule has 1 amide bonds. The van der Waals surface area contributed by atoms with Gasteiger partial charge in [0.2, 0.25) is 0 Å². The van der Waals surface area contributed by atoms with Gasteiger partial charge in [-0.25, -0.2) is 0 Å². The Hall–Kier alpha value is -1.47. The van der Waals surface area contributed by atoms with Crippen LogP contribution in [0.5, 0.6) is 0 Å². The highest BCUT2D eigenvalue weighted by Crippen LogP contribution is 2.26. The van der Waals surface area contributed by atoms with Crippen LogP contribution in [0.15, 0.2) is 24.3 Å². The molecule has 0 radical (unpaired) electrons. The molecule has 0 heterocycles. The van der Waals surface area contributed by atoms with Crippen molar-refractivity contribution in [3.8, 4) is 6.07 Å². The van der Waals surface area contributed by atoms with Gasteiger partial charge >= 0.3 is 0 Å². The van der Waals surface area contributed by atoms with Crippen molar-refractivity contribution in [1.29, 1.82) is 5.26 Å². The minimum Gasteiger partial charge on any atom is -0.349 e. The molecule has 2 rings (SSSR count). The number of benzene rings is 1. The third-order valence-electron chi connectivity index (χ3n) is 3.60. The van der Waals surface area contributed by atoms with Crippen LogP contribution in [0.1, 0.15) is 41.6 Å². The fourth-order valence-electron chi connectivity index (χ4n) is 2.44. The van der Waals surface area contributed by atoms with Gasteiger partial charge in [0, 0.05) is 16.9 Å². The minimum absolute atomic E-state index is 0.0651. The molecule has 0 saturated heterocycles. The van der Waals surface area contributed by atoms with Gasteiger partial charge in [0.25, 0.3) is 5.91 Å². The zero-order valence-electron chi connectivity index (χ0n) is 11.1. The second kappa shape index (κ2) is 6.63. The van der Waals surface area contributed by atoms with E-state index in [-0.39, 0.29) is 11.9 Å². The molecule has 1 aromatic carbocycles. The average Bonchev–Trinajstić information content (AvgIpc) is 2.48. The molecule has 19 heavy (non-hydrogen) atoms. The van der Waals surface area contributed by atoms with E-state index in [1.807, 2.05) is 11.8 Å². The molecule has 0 aliphatic heterocycles. The molecule has 0 unspecified atom stereocenters. The number of nitrogens with one attached hydrogen (secondary N) is 1. The van der Waals surface area contributed by atoms with E-state index in [0.29, 0.717) is 11.1 Å². The Labute approximate surface area is 118 Å². The van der Waals surface area contributed by atoms with Gasteiger partial charge in [-0.15, -0.1) is 0 Å². The first-order valence-corrected chi connectivity index (χ1v) is 7.85. The summed E-state index contributed by atoms with van der Waals surface area (Å²) in [5.74, 6) is -0.0651. The highest BCUT2D eigenvalue weighted by molar-refractivity contribution is 7.99. The van der Waals surface area contributed by atoms with Gasteiger partial charge in [-0.3, -0.25) is 4.79 Å². The van der Waals surface area contributed by atoms with Crippen molar-refractivity contribution in [3.63, 3.8) is 0 Å². The van der Waals surface area contributed by atoms with Gasteiger partial charge in [-0.2, -0.15) is 17.0 Å². The van der Waals surface area contributed by atoms with Crippen LogP contribution in [0.3, 0.4) is 0 Å². The second-order valence-corrected chi connectivity index (χ2v) is 6.01. The van der Waals surface area contributed by atoms with Gasteiger partial charge < -0.3 is 5.32 Å². The zero-order chi connectivity index (χ0) is 13.7. The molecule has 0 spiro atoms. The first kappa shape index (κ1) is 14.0. The highest BCUT2D eigenvalue weighted by atomic mass is 32.2. The maximum atomic E-state index is 12.1. The van der Waals surface area contributed by atoms with E-state index in [1.165, 1.54) is 12.8 Å². The predicted molar refractivity (Wildman–Crippen MR) is 78.2 cm³/mol. The number of rotatable bonds is 3. The standard InChI is InChI=1S/C15H18N2OS/c1-19-14-7-5-13(6-8-14)17-15(18)12-4-2-3-11(9-12)10-16/h2-4,9,13-14H,5-8H2,1H3,(H,17,18). The number of nitriles is 1. The molecule has 3 nitrogen and oxygen atoms in total. The van der Waals surface area contributed by atoms with Gasteiger partial charge in [0.05, 0.1) is 11.6 Å². The number of nitrogens with zero attached hydrogens (tertiary/aromatic N) is 1. The lowest BCUT2D eigenvalue weighted by Crippen LogP contribution is -2.38. The smallest absolute Gasteiger partial charge is 0.251 e. The Morgan fingerprint density at radius 1 is 1.37 bits per heavy atom. The maximum absolute atomic E-state index is 12.1. The van der Waals surface area contributed by atoms with Crippen molar-refractivity contribution in [2.45, 2.75) is 37.0 Å². The fraction of sp³-hybridized carbons (Fsp3) is 0.467. The lowest BCUT2D eigenvalue weighted by atomic mass is 9.94. The van der Waals surface area contributed by atoms with Crippen LogP contribution in [0.2, 0.25) is 0 Å². The Morgan fingerprint density at radius 3 is 2.74 bits per heavy atom. The van der Waals surface area contributed by atoms with Crippen LogP contribution in [0.4, 0.5) is 0 Å². The van der Waals surface area contributed by atoms with Crippen LogP contribution >= 0.6 is 11.8 Å². The summed E-state index contributed by atoms with van der Waals surface area (Å²) < 4.78 is 0. The van der Waals surface area contributed by atoms with Crippen molar-refractivity contribution in [3.05, 3.63) is 35.4 Å². The Kier molecular flexibility index (Phi) is 4.86. The third kappa shape index (κ3) is 3.74. The highest BCUT2D eigenvalue weighted by Gasteiger charge is 2.22. The molecule has 4 heteroatoms. The van der Waals surface area contributed by atoms with Crippen LogP contribution in [-0.2, 0) is 0 Å². The normalized spacial score (nSPS) is 22.5. The summed E-state index contributed by atoms with van der Waals surface area (Å²) in [5, 5.41) is 12.7. The molecule has 1 saturated carbocycles. The molecular formula is C15H18N2OS. The second-order valence-electron chi connectivity index (χ2n) is 4.88. The third-order valence-corrected chi connectivity index (χ3v) is 4.73. The zero-order valence-corrected chi connectivity index (χ0v) is 11.9. The van der Waals surface area contributed by atoms with E-state index in [2.05, 4.69) is 17.6 Å². The fourth-order valence-corrected chi connectivity index (χ4v) is 3.19. The average molecular weight is 274 g/mol. The van der Waals surface area contributed by atoms with E-state index < -0.39 is 0 Å². The lowest BCUT2D eigenvalue weighted by molar-refractivity contribution is 0.0928. The molecule has 0 aromatic heterocycles. The largest absolute Gasteiger partial charge is 0.349 e. The number of carbonyl (C=O) groups excluding carboxylic acids is 1. The van der Waals surface area contributed by atoms with E-state index in [4.69, 9.17) is 5.26 Å². The molecule has 100 valence electrons. The molecule has 1 N–H and O–H groups in total. The van der Waals surface area contributed by atoms with Crippen molar-refractivity contribution in [1.82, 2.24) is 5.32 Å². The molecule has 1 fully saturated rings. The summed E-state index contributed by atoms with van der Waals surface area (Å²) in [6.45, 7) is 0. The monoisotopic (exact) mass is 274 g/mol. The lowest BCUT2D eigenvalue weighted by Gasteiger charge is -2.28. The van der Waals surface area contributed by atoms with Crippen LogP contribution in [0, 0.1) is 11.3 Å². The maximum Gasteiger partial charge on any atom is 0.251 e. The number of hydrogen-bond donors (Lipinski definition) is 1. The predicted octanol–water partition coefficient (Wildman–Crippen LogP) is 2.96. The first-order valence-electron chi connectivity index (χ1n) is 6.56. The summed E-state index contributed by atoms with van der Waals surface area (Å²) in [4.78, 5) is 12.1. The summed E-state index contributed by atoms with van der Waals surface area (Å²) in [5.41, 5.74) is 1.10. The summed E-state index contributed by atoms with van der Waals surface area (Å²) in [7, 11) is 0. The van der Waals surface area contributed by atoms with Crippen LogP contribution in [0.25, 0.3) is 0 Å². The summed E-state index contributed by atoms with van der Waals surface area (Å²) in [6, 6.07) is 9.19. The Bertz CT molecular complexity index is 487. The van der Waals surface area contributed by atoms with Crippen molar-refractivity contribution in [2.24, 2.45) is 0 Å². The van der Waals surface area contributed by atoms with Crippen LogP contribution < -0.4 is 5.32 Å². The quantitative estimate of drug-likeness (QED) is 0.922. The van der Waals surface area contributed by atoms with Crippen molar-refractivity contribution in [2.75, 3.05) is 6.26 Å². The summed E-state index contributed by atoms with van der Waals surface area (Å²) in [6.07, 6.45) is 6.59. The molecule has 0 bridgehead atoms. The van der Waals surface area contributed by atoms with Gasteiger partial charge in [0.15, 0.2) is 0 Å². The minimum atomic E-state index is -0.0651. The number of hydrogen-bond acceptors (Lipinski definition) is 3. The topological polar surface area (TPSA) is 52.9 Å². The molecule has 1 aromatic rings. The Balaban J connectivity index is 1.92. The first-order chi connectivity index (χ1) is 9.22. The van der Waals surface area contributed by atoms with Gasteiger partial charge in [0.1, 0.15) is 0 Å². The number of thioether (sulfide) groups is 1. The van der Waals surface area contributed by atoms with E-state index in [1.54, 1.807) is 24.3 Å². The van der Waals surface area contributed by atoms with Crippen LogP contribution in [-0.4, -0.2) is 23.5 Å². The number of carbonyl (C=O) groups is 1. The van der Waals surface area contributed by atoms with Crippen molar-refractivity contribution < 1.29 is 4.79 Å². The SMILES string of the molecule is CSC1CCC(NC(=O)c2cccc(C#N)c2)CC1. The van der Waals surface area contributed by atoms with E-state index in [0.717, 1.165) is 18.1 Å². The molecule has 1 aliphatic rings. The number of amides is 1. The molecule has 1 aliphatic carbocycles. The summed E-state index contributed by atoms with van der Waals surface area (Å²) >= 11 is 1.92. The Morgan fingerprint density at radius 2 is 2.11 bits per heavy atom.